The zero-order chi connectivity index (χ0) is 22.6. The summed E-state index contributed by atoms with van der Waals surface area (Å²) in [5.74, 6) is -0.0642. The van der Waals surface area contributed by atoms with Gasteiger partial charge in [-0.1, -0.05) is 51.1 Å². The van der Waals surface area contributed by atoms with Crippen molar-refractivity contribution in [1.82, 2.24) is 20.2 Å². The predicted octanol–water partition coefficient (Wildman–Crippen LogP) is 2.86. The highest BCUT2D eigenvalue weighted by molar-refractivity contribution is 5.80. The number of hydrogen-bond acceptors (Lipinski definition) is 5. The van der Waals surface area contributed by atoms with Crippen LogP contribution in [0.3, 0.4) is 0 Å². The van der Waals surface area contributed by atoms with Gasteiger partial charge in [-0.15, -0.1) is 0 Å². The van der Waals surface area contributed by atoms with Gasteiger partial charge in [0.2, 0.25) is 5.91 Å². The Morgan fingerprint density at radius 3 is 2.58 bits per heavy atom. The van der Waals surface area contributed by atoms with Gasteiger partial charge >= 0.3 is 6.09 Å². The smallest absolute Gasteiger partial charge is 0.410 e. The number of carbonyl (C=O) groups excluding carboxylic acids is 2. The van der Waals surface area contributed by atoms with E-state index in [1.54, 1.807) is 17.4 Å². The fourth-order valence-corrected chi connectivity index (χ4v) is 3.51. The van der Waals surface area contributed by atoms with E-state index in [-0.39, 0.29) is 18.7 Å². The molecule has 0 fully saturated rings. The Hall–Kier alpha value is -2.87. The molecule has 31 heavy (non-hydrogen) atoms. The van der Waals surface area contributed by atoms with E-state index in [1.165, 1.54) is 0 Å². The lowest BCUT2D eigenvalue weighted by molar-refractivity contribution is -0.120. The third-order valence-corrected chi connectivity index (χ3v) is 4.90. The van der Waals surface area contributed by atoms with E-state index in [2.05, 4.69) is 29.1 Å². The lowest BCUT2D eigenvalue weighted by atomic mass is 10.0. The quantitative estimate of drug-likeness (QED) is 0.453. The number of aromatic amines is 1. The number of imidazole rings is 1. The molecule has 2 amide bonds. The first kappa shape index (κ1) is 24.4. The minimum absolute atomic E-state index is 0.104. The minimum atomic E-state index is -0.573. The maximum atomic E-state index is 12.8. The van der Waals surface area contributed by atoms with Crippen LogP contribution in [0.1, 0.15) is 44.9 Å². The summed E-state index contributed by atoms with van der Waals surface area (Å²) in [6, 6.07) is 8.93. The molecule has 8 heteroatoms. The summed E-state index contributed by atoms with van der Waals surface area (Å²) in [6.45, 7) is 7.48. The number of rotatable bonds is 13. The van der Waals surface area contributed by atoms with Gasteiger partial charge in [-0.25, -0.2) is 9.78 Å². The number of nitrogens with zero attached hydrogens (tertiary/aromatic N) is 2. The van der Waals surface area contributed by atoms with Crippen LogP contribution in [0.25, 0.3) is 0 Å². The molecule has 0 saturated heterocycles. The molecule has 4 N–H and O–H groups in total. The van der Waals surface area contributed by atoms with E-state index in [9.17, 15) is 9.59 Å². The molecule has 2 atom stereocenters. The lowest BCUT2D eigenvalue weighted by Crippen LogP contribution is -2.52. The van der Waals surface area contributed by atoms with E-state index >= 15 is 0 Å². The van der Waals surface area contributed by atoms with Crippen LogP contribution < -0.4 is 11.1 Å². The van der Waals surface area contributed by atoms with Crippen LogP contribution in [0.5, 0.6) is 0 Å². The van der Waals surface area contributed by atoms with Crippen LogP contribution in [-0.4, -0.2) is 52.0 Å². The number of aromatic nitrogens is 2. The molecule has 0 radical (unpaired) electrons. The number of ether oxygens (including phenoxy) is 1. The molecule has 0 aliphatic rings. The van der Waals surface area contributed by atoms with E-state index in [4.69, 9.17) is 10.5 Å². The number of carbonyl (C=O) groups is 2. The van der Waals surface area contributed by atoms with Crippen LogP contribution in [0.2, 0.25) is 0 Å². The molecule has 0 aliphatic heterocycles. The number of H-pyrrole nitrogens is 1. The van der Waals surface area contributed by atoms with E-state index in [0.29, 0.717) is 25.4 Å². The third kappa shape index (κ3) is 8.80. The second-order valence-corrected chi connectivity index (χ2v) is 8.20. The SMILES string of the molecule is CCCN(C[C@H](CC(C)C)N[C@@H](Cc1c[nH]cn1)C(N)=O)C(=O)OCc1ccccc1. The van der Waals surface area contributed by atoms with E-state index < -0.39 is 11.9 Å². The molecule has 1 heterocycles. The van der Waals surface area contributed by atoms with Crippen LogP contribution in [0.15, 0.2) is 42.9 Å². The van der Waals surface area contributed by atoms with Gasteiger partial charge in [-0.3, -0.25) is 4.79 Å². The van der Waals surface area contributed by atoms with Crippen molar-refractivity contribution in [2.45, 2.75) is 58.7 Å². The Kier molecular flexibility index (Phi) is 10.0. The zero-order valence-electron chi connectivity index (χ0n) is 18.7. The molecular weight excluding hydrogens is 394 g/mol. The molecule has 1 aromatic carbocycles. The van der Waals surface area contributed by atoms with Gasteiger partial charge in [-0.2, -0.15) is 0 Å². The largest absolute Gasteiger partial charge is 0.445 e. The van der Waals surface area contributed by atoms with Crippen LogP contribution >= 0.6 is 0 Å². The lowest BCUT2D eigenvalue weighted by Gasteiger charge is -2.30. The Morgan fingerprint density at radius 1 is 1.26 bits per heavy atom. The third-order valence-electron chi connectivity index (χ3n) is 4.90. The van der Waals surface area contributed by atoms with Crippen molar-refractivity contribution in [2.75, 3.05) is 13.1 Å². The molecule has 0 bridgehead atoms. The maximum Gasteiger partial charge on any atom is 0.410 e. The second kappa shape index (κ2) is 12.7. The predicted molar refractivity (Wildman–Crippen MR) is 120 cm³/mol. The molecule has 1 aromatic heterocycles. The summed E-state index contributed by atoms with van der Waals surface area (Å²) in [4.78, 5) is 33.6. The summed E-state index contributed by atoms with van der Waals surface area (Å²) in [6.07, 6.45) is 4.95. The number of nitrogens with two attached hydrogens (primary N) is 1. The fourth-order valence-electron chi connectivity index (χ4n) is 3.51. The van der Waals surface area contributed by atoms with Crippen molar-refractivity contribution in [2.24, 2.45) is 11.7 Å². The number of benzene rings is 1. The van der Waals surface area contributed by atoms with Crippen molar-refractivity contribution < 1.29 is 14.3 Å². The topological polar surface area (TPSA) is 113 Å². The van der Waals surface area contributed by atoms with E-state index in [0.717, 1.165) is 24.1 Å². The number of hydrogen-bond donors (Lipinski definition) is 3. The van der Waals surface area contributed by atoms with Crippen molar-refractivity contribution in [3.05, 3.63) is 54.1 Å². The maximum absolute atomic E-state index is 12.8. The van der Waals surface area contributed by atoms with Crippen molar-refractivity contribution in [3.8, 4) is 0 Å². The summed E-state index contributed by atoms with van der Waals surface area (Å²) >= 11 is 0. The first-order valence-electron chi connectivity index (χ1n) is 10.9. The molecular formula is C23H35N5O3. The monoisotopic (exact) mass is 429 g/mol. The van der Waals surface area contributed by atoms with Crippen LogP contribution in [0, 0.1) is 5.92 Å². The highest BCUT2D eigenvalue weighted by atomic mass is 16.6. The second-order valence-electron chi connectivity index (χ2n) is 8.20. The van der Waals surface area contributed by atoms with E-state index in [1.807, 2.05) is 37.3 Å². The Morgan fingerprint density at radius 2 is 2.00 bits per heavy atom. The van der Waals surface area contributed by atoms with Gasteiger partial charge in [-0.05, 0) is 24.3 Å². The van der Waals surface area contributed by atoms with Gasteiger partial charge < -0.3 is 25.7 Å². The zero-order valence-corrected chi connectivity index (χ0v) is 18.7. The van der Waals surface area contributed by atoms with Gasteiger partial charge in [0.1, 0.15) is 6.61 Å². The molecule has 0 unspecified atom stereocenters. The standard InChI is InChI=1S/C23H35N5O3/c1-4-10-28(23(30)31-15-18-8-6-5-7-9-18)14-20(11-17(2)3)27-21(22(24)29)12-19-13-25-16-26-19/h5-9,13,16-17,20-21,27H,4,10-12,14-15H2,1-3H3,(H2,24,29)(H,25,26)/t20-,21-/m0/s1. The Balaban J connectivity index is 2.04. The molecule has 2 aromatic rings. The van der Waals surface area contributed by atoms with Gasteiger partial charge in [0.15, 0.2) is 0 Å². The summed E-state index contributed by atoms with van der Waals surface area (Å²) in [5.41, 5.74) is 7.35. The highest BCUT2D eigenvalue weighted by Gasteiger charge is 2.25. The number of amides is 2. The summed E-state index contributed by atoms with van der Waals surface area (Å²) < 4.78 is 5.54. The highest BCUT2D eigenvalue weighted by Crippen LogP contribution is 2.12. The molecule has 170 valence electrons. The fraction of sp³-hybridized carbons (Fsp3) is 0.522. The summed E-state index contributed by atoms with van der Waals surface area (Å²) in [5, 5.41) is 3.36. The summed E-state index contributed by atoms with van der Waals surface area (Å²) in [7, 11) is 0. The molecule has 0 saturated carbocycles. The Bertz CT molecular complexity index is 780. The van der Waals surface area contributed by atoms with Crippen LogP contribution in [0.4, 0.5) is 4.79 Å². The van der Waals surface area contributed by atoms with Crippen molar-refractivity contribution in [3.63, 3.8) is 0 Å². The number of nitrogens with one attached hydrogen (secondary N) is 2. The molecule has 8 nitrogen and oxygen atoms in total. The molecule has 2 rings (SSSR count). The van der Waals surface area contributed by atoms with Gasteiger partial charge in [0, 0.05) is 31.7 Å². The normalized spacial score (nSPS) is 13.0. The van der Waals surface area contributed by atoms with Crippen LogP contribution in [-0.2, 0) is 22.6 Å². The van der Waals surface area contributed by atoms with Crippen molar-refractivity contribution in [1.29, 1.82) is 0 Å². The van der Waals surface area contributed by atoms with Gasteiger partial charge in [0.05, 0.1) is 18.1 Å². The average Bonchev–Trinajstić information content (AvgIpc) is 3.24. The first-order valence-corrected chi connectivity index (χ1v) is 10.9. The Labute approximate surface area is 184 Å². The average molecular weight is 430 g/mol. The molecule has 0 spiro atoms. The van der Waals surface area contributed by atoms with Gasteiger partial charge in [0.25, 0.3) is 0 Å². The number of primary amides is 1. The first-order chi connectivity index (χ1) is 14.9. The van der Waals surface area contributed by atoms with Crippen molar-refractivity contribution >= 4 is 12.0 Å². The molecule has 0 aliphatic carbocycles. The minimum Gasteiger partial charge on any atom is -0.445 e.